The maximum Gasteiger partial charge on any atom is 0.0487 e. The van der Waals surface area contributed by atoms with Crippen LogP contribution in [0.2, 0.25) is 0 Å². The number of nitrogens with one attached hydrogen (secondary N) is 1. The van der Waals surface area contributed by atoms with Gasteiger partial charge in [-0.25, -0.2) is 0 Å². The van der Waals surface area contributed by atoms with Gasteiger partial charge < -0.3 is 4.72 Å². The van der Waals surface area contributed by atoms with E-state index in [1.807, 2.05) is 0 Å². The quantitative estimate of drug-likeness (QED) is 0.572. The Bertz CT molecular complexity index is 247. The third-order valence-corrected chi connectivity index (χ3v) is 2.69. The van der Waals surface area contributed by atoms with Gasteiger partial charge in [0.05, 0.1) is 0 Å². The molecule has 1 heterocycles. The van der Waals surface area contributed by atoms with Crippen molar-refractivity contribution in [2.45, 2.75) is 12.2 Å². The lowest BCUT2D eigenvalue weighted by atomic mass is 10.1. The van der Waals surface area contributed by atoms with Gasteiger partial charge in [-0.2, -0.15) is 0 Å². The van der Waals surface area contributed by atoms with Crippen LogP contribution in [0, 0.1) is 0 Å². The van der Waals surface area contributed by atoms with E-state index < -0.39 is 0 Å². The van der Waals surface area contributed by atoms with Crippen molar-refractivity contribution in [2.24, 2.45) is 0 Å². The second-order valence-corrected chi connectivity index (χ2v) is 3.60. The van der Waals surface area contributed by atoms with Crippen LogP contribution in [0.5, 0.6) is 0 Å². The first-order chi connectivity index (χ1) is 4.88. The molecule has 0 amide bonds. The molecule has 1 unspecified atom stereocenters. The van der Waals surface area contributed by atoms with E-state index in [1.54, 1.807) is 11.9 Å². The smallest absolute Gasteiger partial charge is 0.0487 e. The van der Waals surface area contributed by atoms with Crippen molar-refractivity contribution >= 4 is 17.6 Å². The van der Waals surface area contributed by atoms with Crippen molar-refractivity contribution in [2.75, 3.05) is 4.72 Å². The predicted molar refractivity (Wildman–Crippen MR) is 46.1 cm³/mol. The first-order valence-electron chi connectivity index (χ1n) is 3.38. The normalized spacial score (nSPS) is 21.9. The van der Waals surface area contributed by atoms with Crippen LogP contribution in [0.25, 0.3) is 0 Å². The Kier molecular flexibility index (Phi) is 1.34. The van der Waals surface area contributed by atoms with Gasteiger partial charge in [0.1, 0.15) is 0 Å². The number of rotatable bonds is 0. The zero-order valence-corrected chi connectivity index (χ0v) is 6.61. The van der Waals surface area contributed by atoms with Gasteiger partial charge in [0.25, 0.3) is 0 Å². The second kappa shape index (κ2) is 2.20. The van der Waals surface area contributed by atoms with Crippen LogP contribution in [0.4, 0.5) is 5.69 Å². The van der Waals surface area contributed by atoms with Crippen molar-refractivity contribution in [3.05, 3.63) is 29.8 Å². The van der Waals surface area contributed by atoms with E-state index in [1.165, 1.54) is 11.3 Å². The van der Waals surface area contributed by atoms with Crippen LogP contribution in [0.15, 0.2) is 24.3 Å². The van der Waals surface area contributed by atoms with E-state index in [-0.39, 0.29) is 0 Å². The second-order valence-electron chi connectivity index (χ2n) is 2.45. The first kappa shape index (κ1) is 6.10. The number of fused-ring (bicyclic) bond motifs is 1. The zero-order chi connectivity index (χ0) is 6.97. The topological polar surface area (TPSA) is 12.0 Å². The fourth-order valence-electron chi connectivity index (χ4n) is 1.16. The van der Waals surface area contributed by atoms with Gasteiger partial charge in [0, 0.05) is 10.9 Å². The highest BCUT2D eigenvalue weighted by atomic mass is 32.2. The Balaban J connectivity index is 2.51. The Hall–Kier alpha value is -0.630. The molecular weight excluding hydrogens is 142 g/mol. The molecule has 52 valence electrons. The third-order valence-electron chi connectivity index (χ3n) is 1.74. The number of hydrogen-bond acceptors (Lipinski definition) is 2. The van der Waals surface area contributed by atoms with Gasteiger partial charge in [-0.15, -0.1) is 0 Å². The summed E-state index contributed by atoms with van der Waals surface area (Å²) < 4.78 is 3.27. The van der Waals surface area contributed by atoms with Crippen LogP contribution < -0.4 is 4.72 Å². The minimum absolute atomic E-state index is 0.608. The van der Waals surface area contributed by atoms with Gasteiger partial charge in [0.15, 0.2) is 0 Å². The summed E-state index contributed by atoms with van der Waals surface area (Å²) in [6.07, 6.45) is 0. The Labute approximate surface area is 65.0 Å². The van der Waals surface area contributed by atoms with Crippen LogP contribution >= 0.6 is 11.9 Å². The Morgan fingerprint density at radius 1 is 1.40 bits per heavy atom. The molecule has 1 aliphatic heterocycles. The predicted octanol–water partition coefficient (Wildman–Crippen LogP) is 2.82. The number of benzene rings is 1. The lowest BCUT2D eigenvalue weighted by Gasteiger charge is -1.97. The van der Waals surface area contributed by atoms with Crippen LogP contribution in [0.1, 0.15) is 17.7 Å². The maximum atomic E-state index is 3.27. The zero-order valence-electron chi connectivity index (χ0n) is 5.79. The Morgan fingerprint density at radius 2 is 2.20 bits per heavy atom. The minimum Gasteiger partial charge on any atom is -0.329 e. The monoisotopic (exact) mass is 151 g/mol. The molecule has 1 nitrogen and oxygen atoms in total. The number of para-hydroxylation sites is 1. The molecule has 1 atom stereocenters. The van der Waals surface area contributed by atoms with E-state index in [9.17, 15) is 0 Å². The van der Waals surface area contributed by atoms with Gasteiger partial charge >= 0.3 is 0 Å². The molecule has 10 heavy (non-hydrogen) atoms. The largest absolute Gasteiger partial charge is 0.329 e. The third kappa shape index (κ3) is 0.797. The molecule has 0 aliphatic carbocycles. The van der Waals surface area contributed by atoms with Crippen LogP contribution in [0.3, 0.4) is 0 Å². The highest BCUT2D eigenvalue weighted by Gasteiger charge is 2.16. The summed E-state index contributed by atoms with van der Waals surface area (Å²) in [6.45, 7) is 2.21. The Morgan fingerprint density at radius 3 is 3.00 bits per heavy atom. The van der Waals surface area contributed by atoms with Gasteiger partial charge in [-0.05, 0) is 30.5 Å². The first-order valence-corrected chi connectivity index (χ1v) is 4.26. The molecule has 1 aromatic carbocycles. The van der Waals surface area contributed by atoms with Crippen molar-refractivity contribution < 1.29 is 0 Å². The summed E-state index contributed by atoms with van der Waals surface area (Å²) in [5.41, 5.74) is 2.70. The van der Waals surface area contributed by atoms with E-state index in [0.717, 1.165) is 0 Å². The molecule has 1 aromatic rings. The molecule has 0 spiro atoms. The summed E-state index contributed by atoms with van der Waals surface area (Å²) >= 11 is 1.78. The average Bonchev–Trinajstić information content (AvgIpc) is 2.34. The van der Waals surface area contributed by atoms with Crippen LogP contribution in [-0.4, -0.2) is 0 Å². The highest BCUT2D eigenvalue weighted by molar-refractivity contribution is 8.01. The molecular formula is C8H9NS. The van der Waals surface area contributed by atoms with Crippen molar-refractivity contribution in [3.63, 3.8) is 0 Å². The van der Waals surface area contributed by atoms with E-state index in [2.05, 4.69) is 35.9 Å². The number of hydrogen-bond donors (Lipinski definition) is 1. The van der Waals surface area contributed by atoms with E-state index >= 15 is 0 Å². The molecule has 0 bridgehead atoms. The minimum atomic E-state index is 0.608. The average molecular weight is 151 g/mol. The molecule has 0 saturated carbocycles. The lowest BCUT2D eigenvalue weighted by molar-refractivity contribution is 1.13. The van der Waals surface area contributed by atoms with E-state index in [4.69, 9.17) is 0 Å². The molecule has 0 saturated heterocycles. The molecule has 0 fully saturated rings. The fraction of sp³-hybridized carbons (Fsp3) is 0.250. The SMILES string of the molecule is CC1SNc2ccccc21. The molecule has 1 aliphatic rings. The summed E-state index contributed by atoms with van der Waals surface area (Å²) in [6, 6.07) is 8.44. The summed E-state index contributed by atoms with van der Waals surface area (Å²) in [5, 5.41) is 0.608. The lowest BCUT2D eigenvalue weighted by Crippen LogP contribution is -1.78. The van der Waals surface area contributed by atoms with Gasteiger partial charge in [0.2, 0.25) is 0 Å². The molecule has 2 heteroatoms. The molecule has 0 aromatic heterocycles. The van der Waals surface area contributed by atoms with Crippen molar-refractivity contribution in [3.8, 4) is 0 Å². The van der Waals surface area contributed by atoms with Gasteiger partial charge in [-0.3, -0.25) is 0 Å². The number of anilines is 1. The summed E-state index contributed by atoms with van der Waals surface area (Å²) in [4.78, 5) is 0. The van der Waals surface area contributed by atoms with Gasteiger partial charge in [-0.1, -0.05) is 18.2 Å². The molecule has 2 rings (SSSR count). The van der Waals surface area contributed by atoms with Crippen molar-refractivity contribution in [1.29, 1.82) is 0 Å². The molecule has 1 N–H and O–H groups in total. The molecule has 0 radical (unpaired) electrons. The maximum absolute atomic E-state index is 3.27. The highest BCUT2D eigenvalue weighted by Crippen LogP contribution is 2.40. The van der Waals surface area contributed by atoms with E-state index in [0.29, 0.717) is 5.25 Å². The standard InChI is InChI=1S/C8H9NS/c1-6-7-4-2-3-5-8(7)9-10-6/h2-6,9H,1H3. The van der Waals surface area contributed by atoms with Crippen molar-refractivity contribution in [1.82, 2.24) is 0 Å². The summed E-state index contributed by atoms with van der Waals surface area (Å²) in [7, 11) is 0. The fourth-order valence-corrected chi connectivity index (χ4v) is 1.98. The summed E-state index contributed by atoms with van der Waals surface area (Å²) in [5.74, 6) is 0. The van der Waals surface area contributed by atoms with Crippen LogP contribution in [-0.2, 0) is 0 Å².